The molecule has 1 fully saturated rings. The first kappa shape index (κ1) is 10.1. The summed E-state index contributed by atoms with van der Waals surface area (Å²) in [5.74, 6) is 0. The maximum absolute atomic E-state index is 6.23. The van der Waals surface area contributed by atoms with E-state index in [-0.39, 0.29) is 0 Å². The van der Waals surface area contributed by atoms with E-state index in [1.165, 1.54) is 24.3 Å². The predicted octanol–water partition coefficient (Wildman–Crippen LogP) is 2.23. The van der Waals surface area contributed by atoms with Gasteiger partial charge in [0.15, 0.2) is 0 Å². The van der Waals surface area contributed by atoms with Gasteiger partial charge in [-0.2, -0.15) is 0 Å². The first-order chi connectivity index (χ1) is 6.79. The van der Waals surface area contributed by atoms with E-state index in [9.17, 15) is 0 Å². The van der Waals surface area contributed by atoms with E-state index in [1.54, 1.807) is 0 Å². The molecule has 0 amide bonds. The third-order valence-corrected chi connectivity index (χ3v) is 3.96. The summed E-state index contributed by atoms with van der Waals surface area (Å²) in [6.45, 7) is 1.18. The molecule has 2 N–H and O–H groups in total. The van der Waals surface area contributed by atoms with Crippen LogP contribution in [0.15, 0.2) is 17.5 Å². The third kappa shape index (κ3) is 2.00. The highest BCUT2D eigenvalue weighted by Gasteiger charge is 2.26. The van der Waals surface area contributed by atoms with Gasteiger partial charge >= 0.3 is 0 Å². The molecule has 1 aliphatic rings. The highest BCUT2D eigenvalue weighted by molar-refractivity contribution is 7.10. The molecule has 78 valence electrons. The van der Waals surface area contributed by atoms with E-state index in [2.05, 4.69) is 29.5 Å². The minimum absolute atomic E-state index is 0.307. The van der Waals surface area contributed by atoms with Crippen molar-refractivity contribution in [1.82, 2.24) is 4.90 Å². The van der Waals surface area contributed by atoms with Gasteiger partial charge in [-0.05, 0) is 37.9 Å². The highest BCUT2D eigenvalue weighted by Crippen LogP contribution is 2.30. The molecule has 0 saturated carbocycles. The quantitative estimate of drug-likeness (QED) is 0.770. The number of nitrogens with two attached hydrogens (primary N) is 1. The smallest absolute Gasteiger partial charge is 0.0590 e. The van der Waals surface area contributed by atoms with E-state index >= 15 is 0 Å². The molecule has 1 aliphatic heterocycles. The fourth-order valence-electron chi connectivity index (χ4n) is 2.25. The number of rotatable bonds is 1. The highest BCUT2D eigenvalue weighted by atomic mass is 32.1. The van der Waals surface area contributed by atoms with Crippen molar-refractivity contribution in [2.75, 3.05) is 13.6 Å². The van der Waals surface area contributed by atoms with Crippen molar-refractivity contribution in [1.29, 1.82) is 0 Å². The van der Waals surface area contributed by atoms with Crippen molar-refractivity contribution >= 4 is 11.3 Å². The van der Waals surface area contributed by atoms with Gasteiger partial charge < -0.3 is 5.73 Å². The van der Waals surface area contributed by atoms with Crippen LogP contribution in [0.5, 0.6) is 0 Å². The summed E-state index contributed by atoms with van der Waals surface area (Å²) < 4.78 is 0. The molecule has 0 aromatic carbocycles. The summed E-state index contributed by atoms with van der Waals surface area (Å²) in [5.41, 5.74) is 6.23. The van der Waals surface area contributed by atoms with Crippen LogP contribution in [-0.4, -0.2) is 24.5 Å². The van der Waals surface area contributed by atoms with Crippen LogP contribution in [-0.2, 0) is 0 Å². The Morgan fingerprint density at radius 3 is 3.07 bits per heavy atom. The Bertz CT molecular complexity index is 259. The van der Waals surface area contributed by atoms with Gasteiger partial charge in [-0.1, -0.05) is 12.5 Å². The molecule has 1 aromatic rings. The lowest BCUT2D eigenvalue weighted by Gasteiger charge is -2.29. The summed E-state index contributed by atoms with van der Waals surface area (Å²) in [6.07, 6.45) is 3.71. The SMILES string of the molecule is CN1CCCCC(N)C1c1cccs1. The van der Waals surface area contributed by atoms with E-state index in [4.69, 9.17) is 5.73 Å². The predicted molar refractivity (Wildman–Crippen MR) is 61.5 cm³/mol. The number of likely N-dealkylation sites (N-methyl/N-ethyl adjacent to an activating group) is 1. The van der Waals surface area contributed by atoms with Crippen molar-refractivity contribution in [3.8, 4) is 0 Å². The molecule has 2 rings (SSSR count). The van der Waals surface area contributed by atoms with E-state index < -0.39 is 0 Å². The molecule has 2 nitrogen and oxygen atoms in total. The maximum Gasteiger partial charge on any atom is 0.0590 e. The van der Waals surface area contributed by atoms with Gasteiger partial charge in [0.1, 0.15) is 0 Å². The Hall–Kier alpha value is -0.380. The Kier molecular flexibility index (Phi) is 3.21. The van der Waals surface area contributed by atoms with E-state index in [0.29, 0.717) is 12.1 Å². The fraction of sp³-hybridized carbons (Fsp3) is 0.636. The molecule has 2 atom stereocenters. The third-order valence-electron chi connectivity index (χ3n) is 3.01. The lowest BCUT2D eigenvalue weighted by molar-refractivity contribution is 0.233. The molecular formula is C11H18N2S. The topological polar surface area (TPSA) is 29.3 Å². The van der Waals surface area contributed by atoms with E-state index in [1.807, 2.05) is 11.3 Å². The van der Waals surface area contributed by atoms with Crippen LogP contribution in [0.2, 0.25) is 0 Å². The monoisotopic (exact) mass is 210 g/mol. The van der Waals surface area contributed by atoms with Crippen LogP contribution in [0.3, 0.4) is 0 Å². The number of nitrogens with zero attached hydrogens (tertiary/aromatic N) is 1. The Labute approximate surface area is 89.7 Å². The van der Waals surface area contributed by atoms with Gasteiger partial charge in [0.25, 0.3) is 0 Å². The molecular weight excluding hydrogens is 192 g/mol. The van der Waals surface area contributed by atoms with Crippen molar-refractivity contribution < 1.29 is 0 Å². The van der Waals surface area contributed by atoms with Crippen LogP contribution < -0.4 is 5.73 Å². The number of likely N-dealkylation sites (tertiary alicyclic amines) is 1. The zero-order valence-corrected chi connectivity index (χ0v) is 9.46. The lowest BCUT2D eigenvalue weighted by atomic mass is 10.0. The van der Waals surface area contributed by atoms with Crippen molar-refractivity contribution in [3.63, 3.8) is 0 Å². The van der Waals surface area contributed by atoms with Gasteiger partial charge in [0.2, 0.25) is 0 Å². The summed E-state index contributed by atoms with van der Waals surface area (Å²) in [6, 6.07) is 5.07. The number of thiophene rings is 1. The molecule has 3 heteroatoms. The van der Waals surface area contributed by atoms with Gasteiger partial charge in [0.05, 0.1) is 6.04 Å². The van der Waals surface area contributed by atoms with Crippen molar-refractivity contribution in [2.24, 2.45) is 5.73 Å². The van der Waals surface area contributed by atoms with E-state index in [0.717, 1.165) is 6.42 Å². The van der Waals surface area contributed by atoms with Crippen LogP contribution in [0, 0.1) is 0 Å². The molecule has 1 aromatic heterocycles. The van der Waals surface area contributed by atoms with Crippen LogP contribution in [0.1, 0.15) is 30.2 Å². The minimum atomic E-state index is 0.307. The van der Waals surface area contributed by atoms with Crippen LogP contribution >= 0.6 is 11.3 Å². The summed E-state index contributed by atoms with van der Waals surface area (Å²) in [4.78, 5) is 3.82. The van der Waals surface area contributed by atoms with Gasteiger partial charge in [-0.15, -0.1) is 11.3 Å². The molecule has 0 radical (unpaired) electrons. The second kappa shape index (κ2) is 4.43. The zero-order valence-electron chi connectivity index (χ0n) is 8.65. The van der Waals surface area contributed by atoms with Crippen molar-refractivity contribution in [3.05, 3.63) is 22.4 Å². The average Bonchev–Trinajstić information content (AvgIpc) is 2.61. The van der Waals surface area contributed by atoms with Crippen molar-refractivity contribution in [2.45, 2.75) is 31.3 Å². The van der Waals surface area contributed by atoms with Gasteiger partial charge in [-0.25, -0.2) is 0 Å². The summed E-state index contributed by atoms with van der Waals surface area (Å²) >= 11 is 1.82. The fourth-order valence-corrected chi connectivity index (χ4v) is 3.22. The van der Waals surface area contributed by atoms with Crippen LogP contribution in [0.25, 0.3) is 0 Å². The van der Waals surface area contributed by atoms with Crippen LogP contribution in [0.4, 0.5) is 0 Å². The van der Waals surface area contributed by atoms with Gasteiger partial charge in [0, 0.05) is 10.9 Å². The Morgan fingerprint density at radius 1 is 1.50 bits per heavy atom. The molecule has 0 bridgehead atoms. The second-order valence-corrected chi connectivity index (χ2v) is 5.08. The Balaban J connectivity index is 2.20. The molecule has 2 unspecified atom stereocenters. The molecule has 0 spiro atoms. The minimum Gasteiger partial charge on any atom is -0.326 e. The second-order valence-electron chi connectivity index (χ2n) is 4.10. The largest absolute Gasteiger partial charge is 0.326 e. The normalized spacial score (nSPS) is 30.1. The molecule has 1 saturated heterocycles. The molecule has 2 heterocycles. The lowest BCUT2D eigenvalue weighted by Crippen LogP contribution is -2.37. The Morgan fingerprint density at radius 2 is 2.36 bits per heavy atom. The zero-order chi connectivity index (χ0) is 9.97. The average molecular weight is 210 g/mol. The number of hydrogen-bond donors (Lipinski definition) is 1. The first-order valence-electron chi connectivity index (χ1n) is 5.28. The standard InChI is InChI=1S/C11H18N2S/c1-13-7-3-2-5-9(12)11(13)10-6-4-8-14-10/h4,6,8-9,11H,2-3,5,7,12H2,1H3. The molecule has 0 aliphatic carbocycles. The summed E-state index contributed by atoms with van der Waals surface area (Å²) in [7, 11) is 2.19. The maximum atomic E-state index is 6.23. The molecule has 14 heavy (non-hydrogen) atoms. The number of hydrogen-bond acceptors (Lipinski definition) is 3. The van der Waals surface area contributed by atoms with Gasteiger partial charge in [-0.3, -0.25) is 4.90 Å². The first-order valence-corrected chi connectivity index (χ1v) is 6.16. The summed E-state index contributed by atoms with van der Waals surface area (Å²) in [5, 5.41) is 2.14.